The van der Waals surface area contributed by atoms with Crippen LogP contribution in [-0.2, 0) is 72.0 Å². The van der Waals surface area contributed by atoms with Gasteiger partial charge in [0.05, 0.1) is 65.1 Å². The van der Waals surface area contributed by atoms with Gasteiger partial charge in [-0.05, 0) is 92.6 Å². The predicted octanol–water partition coefficient (Wildman–Crippen LogP) is 2.30. The fourth-order valence-corrected chi connectivity index (χ4v) is 12.6. The molecule has 5 heterocycles. The summed E-state index contributed by atoms with van der Waals surface area (Å²) in [6.45, 7) is 14.7. The third-order valence-corrected chi connectivity index (χ3v) is 16.7. The first-order valence-electron chi connectivity index (χ1n) is 25.7. The second-order valence-corrected chi connectivity index (χ2v) is 23.7. The number of carbonyl (C=O) groups is 2. The number of aliphatic hydroxyl groups excluding tert-OH is 2. The first kappa shape index (κ1) is 60.5. The number of carbonyl (C=O) groups excluding carboxylic acids is 1. The Hall–Kier alpha value is -3.73. The molecule has 0 amide bonds. The van der Waals surface area contributed by atoms with Gasteiger partial charge in [-0.15, -0.1) is 0 Å². The van der Waals surface area contributed by atoms with Crippen molar-refractivity contribution in [1.82, 2.24) is 14.8 Å². The molecule has 0 bridgehead atoms. The van der Waals surface area contributed by atoms with Crippen molar-refractivity contribution < 1.29 is 86.1 Å². The molecular weight excluding hydrogens is 1000 g/mol. The predicted molar refractivity (Wildman–Crippen MR) is 270 cm³/mol. The van der Waals surface area contributed by atoms with E-state index >= 15 is 0 Å². The molecule has 0 radical (unpaired) electrons. The molecule has 6 rings (SSSR count). The SMILES string of the molecule is CO[C@]1(C)C[C@H](O[C@H]2[C@H](C)[C@H](O[C@H]3O[C@@H](C)C[C@H](N(C)C)[C@H]3O)[C@](C)(O)C[C@@H](C)/C(=N\O)[C@@H](C)[C@H](O)[C@@](C)(O)OC(=O)[C@@H]2C)O[C@@H](C)[C@@H]1OS(=O)(=O)CCNCCCc1cc2c3c(c1)c(=O)c(C(=O)O)cn3COC2. The molecule has 3 fully saturated rings. The lowest BCUT2D eigenvalue weighted by Gasteiger charge is -2.49. The van der Waals surface area contributed by atoms with E-state index < -0.39 is 129 Å². The highest BCUT2D eigenvalue weighted by Gasteiger charge is 2.54. The zero-order valence-corrected chi connectivity index (χ0v) is 45.9. The van der Waals surface area contributed by atoms with Crippen LogP contribution in [0, 0.1) is 23.7 Å². The van der Waals surface area contributed by atoms with Crippen molar-refractivity contribution in [2.75, 3.05) is 40.0 Å². The number of likely N-dealkylation sites (N-methyl/N-ethyl adjacent to an activating group) is 1. The molecule has 24 heteroatoms. The first-order valence-corrected chi connectivity index (χ1v) is 27.2. The summed E-state index contributed by atoms with van der Waals surface area (Å²) in [6.07, 6.45) is -8.13. The van der Waals surface area contributed by atoms with E-state index in [9.17, 15) is 53.5 Å². The number of nitrogens with zero attached hydrogens (tertiary/aromatic N) is 3. The van der Waals surface area contributed by atoms with Crippen LogP contribution in [0.4, 0.5) is 0 Å². The Morgan fingerprint density at radius 3 is 2.31 bits per heavy atom. The Kier molecular flexibility index (Phi) is 19.4. The molecule has 23 nitrogen and oxygen atoms in total. The van der Waals surface area contributed by atoms with E-state index in [2.05, 4.69) is 10.5 Å². The van der Waals surface area contributed by atoms with Crippen LogP contribution in [0.1, 0.15) is 109 Å². The van der Waals surface area contributed by atoms with Gasteiger partial charge in [0.15, 0.2) is 12.6 Å². The maximum Gasteiger partial charge on any atom is 0.341 e. The Balaban J connectivity index is 1.18. The van der Waals surface area contributed by atoms with Crippen LogP contribution in [0.3, 0.4) is 0 Å². The number of carboxylic acid groups (broad SMARTS) is 1. The van der Waals surface area contributed by atoms with Crippen LogP contribution in [0.15, 0.2) is 28.3 Å². The third kappa shape index (κ3) is 13.6. The van der Waals surface area contributed by atoms with Gasteiger partial charge in [-0.3, -0.25) is 13.8 Å². The van der Waals surface area contributed by atoms with Crippen LogP contribution < -0.4 is 10.7 Å². The maximum atomic E-state index is 14.2. The summed E-state index contributed by atoms with van der Waals surface area (Å²) in [5.41, 5.74) is -1.96. The summed E-state index contributed by atoms with van der Waals surface area (Å²) in [5, 5.41) is 73.8. The monoisotopic (exact) mass is 1080 g/mol. The van der Waals surface area contributed by atoms with Crippen LogP contribution in [-0.4, -0.2) is 185 Å². The van der Waals surface area contributed by atoms with Crippen molar-refractivity contribution in [3.05, 3.63) is 45.2 Å². The normalized spacial score (nSPS) is 37.9. The van der Waals surface area contributed by atoms with E-state index in [0.717, 1.165) is 18.1 Å². The zero-order chi connectivity index (χ0) is 55.7. The highest BCUT2D eigenvalue weighted by atomic mass is 32.2. The van der Waals surface area contributed by atoms with E-state index in [-0.39, 0.29) is 50.1 Å². The molecule has 4 aliphatic heterocycles. The van der Waals surface area contributed by atoms with E-state index in [1.54, 1.807) is 38.3 Å². The lowest BCUT2D eigenvalue weighted by Crippen LogP contribution is -2.61. The minimum absolute atomic E-state index is 0.00655. The fourth-order valence-electron chi connectivity index (χ4n) is 11.4. The van der Waals surface area contributed by atoms with Gasteiger partial charge in [0.1, 0.15) is 30.6 Å². The van der Waals surface area contributed by atoms with E-state index in [1.807, 2.05) is 32.0 Å². The smallest absolute Gasteiger partial charge is 0.341 e. The number of aryl methyl sites for hydroxylation is 1. The molecule has 75 heavy (non-hydrogen) atoms. The van der Waals surface area contributed by atoms with Crippen molar-refractivity contribution in [3.63, 3.8) is 0 Å². The minimum atomic E-state index is -4.23. The largest absolute Gasteiger partial charge is 0.477 e. The number of cyclic esters (lactones) is 1. The Labute approximate surface area is 438 Å². The molecule has 7 N–H and O–H groups in total. The third-order valence-electron chi connectivity index (χ3n) is 15.5. The van der Waals surface area contributed by atoms with Crippen LogP contribution in [0.25, 0.3) is 10.9 Å². The van der Waals surface area contributed by atoms with Gasteiger partial charge in [0.2, 0.25) is 11.2 Å². The Morgan fingerprint density at radius 2 is 1.67 bits per heavy atom. The maximum absolute atomic E-state index is 14.2. The topological polar surface area (TPSA) is 313 Å². The lowest BCUT2D eigenvalue weighted by atomic mass is 9.75. The van der Waals surface area contributed by atoms with Crippen LogP contribution in [0.5, 0.6) is 0 Å². The number of aromatic carboxylic acids is 1. The fraction of sp³-hybridized carbons (Fsp3) is 0.765. The van der Waals surface area contributed by atoms with Gasteiger partial charge >= 0.3 is 11.9 Å². The van der Waals surface area contributed by atoms with Gasteiger partial charge in [0.25, 0.3) is 10.1 Å². The molecule has 0 unspecified atom stereocenters. The number of carboxylic acids is 1. The molecule has 0 spiro atoms. The number of esters is 1. The molecule has 4 aliphatic rings. The second-order valence-electron chi connectivity index (χ2n) is 22.0. The molecule has 0 aliphatic carbocycles. The molecule has 1 aromatic carbocycles. The highest BCUT2D eigenvalue weighted by molar-refractivity contribution is 7.86. The summed E-state index contributed by atoms with van der Waals surface area (Å²) in [6, 6.07) is 3.22. The van der Waals surface area contributed by atoms with Crippen molar-refractivity contribution in [2.45, 2.75) is 186 Å². The molecular formula is C51H80N4O19S. The number of ether oxygens (including phenoxy) is 7. The van der Waals surface area contributed by atoms with Crippen molar-refractivity contribution in [3.8, 4) is 0 Å². The number of rotatable bonds is 16. The van der Waals surface area contributed by atoms with Crippen molar-refractivity contribution in [1.29, 1.82) is 0 Å². The van der Waals surface area contributed by atoms with Crippen molar-refractivity contribution >= 4 is 38.7 Å². The minimum Gasteiger partial charge on any atom is -0.477 e. The molecule has 2 aromatic rings. The number of hydrogen-bond donors (Lipinski definition) is 7. The van der Waals surface area contributed by atoms with Crippen molar-refractivity contribution in [2.24, 2.45) is 28.8 Å². The number of methoxy groups -OCH3 is 1. The van der Waals surface area contributed by atoms with E-state index in [4.69, 9.17) is 37.3 Å². The highest BCUT2D eigenvalue weighted by Crippen LogP contribution is 2.42. The number of hydrogen-bond acceptors (Lipinski definition) is 21. The summed E-state index contributed by atoms with van der Waals surface area (Å²) in [5.74, 6) is -9.44. The summed E-state index contributed by atoms with van der Waals surface area (Å²) in [4.78, 5) is 40.9. The van der Waals surface area contributed by atoms with E-state index in [1.165, 1.54) is 34.1 Å². The van der Waals surface area contributed by atoms with Crippen LogP contribution >= 0.6 is 0 Å². The molecule has 3 saturated heterocycles. The summed E-state index contributed by atoms with van der Waals surface area (Å²) < 4.78 is 77.8. The first-order chi connectivity index (χ1) is 34.9. The van der Waals surface area contributed by atoms with E-state index in [0.29, 0.717) is 36.7 Å². The molecule has 17 atom stereocenters. The van der Waals surface area contributed by atoms with Gasteiger partial charge < -0.3 is 78.7 Å². The number of aliphatic hydroxyl groups is 4. The zero-order valence-electron chi connectivity index (χ0n) is 45.1. The number of oxime groups is 1. The molecule has 0 saturated carbocycles. The lowest BCUT2D eigenvalue weighted by molar-refractivity contribution is -0.316. The van der Waals surface area contributed by atoms with Crippen LogP contribution in [0.2, 0.25) is 0 Å². The number of benzene rings is 1. The number of nitrogens with one attached hydrogen (secondary N) is 1. The average Bonchev–Trinajstić information content (AvgIpc) is 3.32. The van der Waals surface area contributed by atoms with Gasteiger partial charge in [-0.2, -0.15) is 8.42 Å². The van der Waals surface area contributed by atoms with Gasteiger partial charge in [-0.25, -0.2) is 4.79 Å². The summed E-state index contributed by atoms with van der Waals surface area (Å²) in [7, 11) is 0.785. The molecule has 424 valence electrons. The quantitative estimate of drug-likeness (QED) is 0.0417. The average molecular weight is 1090 g/mol. The second kappa shape index (κ2) is 24.1. The summed E-state index contributed by atoms with van der Waals surface area (Å²) >= 11 is 0. The van der Waals surface area contributed by atoms with Gasteiger partial charge in [-0.1, -0.05) is 32.0 Å². The standard InChI is InChI=1S/C51H80N4O19S/c1-26-21-49(7,62)44(72-48-41(57)36(54(10)11)18-27(2)69-48)29(4)42(30(5)47(61)73-51(9,63)43(58)28(3)38(26)53-64)71-37-22-50(8,67-12)45(31(6)70-37)74-75(65,66)17-16-52-15-13-14-32-19-33-24-68-25-55-23-35(46(59)60)40(56)34(20-32)39(33)55/h19-20,23,26-31,36-37,41-45,48,52,57-58,62-64H,13-18,21-22,24-25H2,1-12H3,(H,59,60)/b53-38+/t26-,27+,28-,29+,30-,31+,36+,37+,41-,42+,43+,44+,45+,48-,49-,50-,51+/m1/s1. The Bertz CT molecular complexity index is 2540. The van der Waals surface area contributed by atoms with Gasteiger partial charge in [0, 0.05) is 67.9 Å². The number of pyridine rings is 1. The number of aromatic nitrogens is 1. The Morgan fingerprint density at radius 1 is 0.973 bits per heavy atom. The molecule has 1 aromatic heterocycles.